The molecule has 1 aromatic heterocycles. The van der Waals surface area contributed by atoms with Crippen molar-refractivity contribution in [1.29, 1.82) is 0 Å². The predicted octanol–water partition coefficient (Wildman–Crippen LogP) is 5.68. The van der Waals surface area contributed by atoms with Gasteiger partial charge in [0.15, 0.2) is 0 Å². The van der Waals surface area contributed by atoms with Gasteiger partial charge >= 0.3 is 0 Å². The molecule has 0 unspecified atom stereocenters. The number of benzene rings is 2. The van der Waals surface area contributed by atoms with Crippen molar-refractivity contribution < 1.29 is 31.8 Å². The Kier molecular flexibility index (Phi) is 8.74. The first-order chi connectivity index (χ1) is 19.8. The molecule has 0 atom stereocenters. The third-order valence-electron chi connectivity index (χ3n) is 7.90. The van der Waals surface area contributed by atoms with Crippen molar-refractivity contribution >= 4 is 17.3 Å². The molecule has 7 nitrogen and oxygen atoms in total. The molecule has 11 heteroatoms. The second-order valence-electron chi connectivity index (χ2n) is 10.5. The van der Waals surface area contributed by atoms with Crippen LogP contribution >= 0.6 is 0 Å². The average Bonchev–Trinajstić information content (AvgIpc) is 2.98. The topological polar surface area (TPSA) is 89.7 Å². The van der Waals surface area contributed by atoms with E-state index in [1.165, 1.54) is 12.4 Å². The summed E-state index contributed by atoms with van der Waals surface area (Å²) in [6.45, 7) is 2.42. The fraction of sp³-hybridized carbons (Fsp3) is 0.400. The number of carbonyl (C=O) groups is 1. The molecular weight excluding hydrogens is 540 g/mol. The molecule has 1 saturated carbocycles. The summed E-state index contributed by atoms with van der Waals surface area (Å²) in [5, 5.41) is 2.54. The van der Waals surface area contributed by atoms with Gasteiger partial charge in [0, 0.05) is 43.0 Å². The van der Waals surface area contributed by atoms with Crippen molar-refractivity contribution in [3.63, 3.8) is 0 Å². The van der Waals surface area contributed by atoms with E-state index in [0.29, 0.717) is 45.2 Å². The van der Waals surface area contributed by atoms with Crippen LogP contribution in [0.25, 0.3) is 11.1 Å². The summed E-state index contributed by atoms with van der Waals surface area (Å²) >= 11 is 0. The molecule has 1 saturated heterocycles. The summed E-state index contributed by atoms with van der Waals surface area (Å²) in [7, 11) is 0. The third kappa shape index (κ3) is 6.15. The second kappa shape index (κ2) is 12.4. The lowest BCUT2D eigenvalue weighted by Gasteiger charge is -2.36. The quantitative estimate of drug-likeness (QED) is 0.338. The number of hydrogen-bond donors (Lipinski definition) is 2. The SMILES string of the molecule is NCC1(COc2ccncc2NC(=O)c2ccc(F)c(-c3c(F)cc(N4CCOCC4)cc3F)c2F)CCCCC1. The summed E-state index contributed by atoms with van der Waals surface area (Å²) in [4.78, 5) is 18.9. The molecule has 2 aliphatic rings. The maximum Gasteiger partial charge on any atom is 0.258 e. The minimum Gasteiger partial charge on any atom is -0.491 e. The van der Waals surface area contributed by atoms with Crippen molar-refractivity contribution in [2.45, 2.75) is 32.1 Å². The molecule has 218 valence electrons. The maximum absolute atomic E-state index is 15.7. The second-order valence-corrected chi connectivity index (χ2v) is 10.5. The highest BCUT2D eigenvalue weighted by Crippen LogP contribution is 2.38. The van der Waals surface area contributed by atoms with Gasteiger partial charge in [-0.3, -0.25) is 9.78 Å². The van der Waals surface area contributed by atoms with E-state index in [2.05, 4.69) is 10.3 Å². The van der Waals surface area contributed by atoms with Crippen molar-refractivity contribution in [3.05, 3.63) is 71.6 Å². The van der Waals surface area contributed by atoms with Crippen LogP contribution in [0, 0.1) is 28.7 Å². The lowest BCUT2D eigenvalue weighted by atomic mass is 9.75. The van der Waals surface area contributed by atoms with Crippen molar-refractivity contribution in [2.24, 2.45) is 11.1 Å². The van der Waals surface area contributed by atoms with Gasteiger partial charge in [0.1, 0.15) is 34.7 Å². The molecule has 41 heavy (non-hydrogen) atoms. The van der Waals surface area contributed by atoms with E-state index in [9.17, 15) is 9.18 Å². The van der Waals surface area contributed by atoms with Gasteiger partial charge in [-0.15, -0.1) is 0 Å². The highest BCUT2D eigenvalue weighted by atomic mass is 19.1. The highest BCUT2D eigenvalue weighted by molar-refractivity contribution is 6.06. The summed E-state index contributed by atoms with van der Waals surface area (Å²) in [5.41, 5.74) is 3.82. The van der Waals surface area contributed by atoms with Crippen LogP contribution in [-0.2, 0) is 4.74 Å². The van der Waals surface area contributed by atoms with Gasteiger partial charge in [-0.2, -0.15) is 0 Å². The molecule has 2 heterocycles. The molecule has 0 spiro atoms. The van der Waals surface area contributed by atoms with E-state index in [4.69, 9.17) is 15.2 Å². The molecule has 3 N–H and O–H groups in total. The van der Waals surface area contributed by atoms with E-state index in [1.807, 2.05) is 0 Å². The Balaban J connectivity index is 1.40. The summed E-state index contributed by atoms with van der Waals surface area (Å²) in [5.74, 6) is -5.55. The standard InChI is InChI=1S/C30H32F4N4O3/c31-21-5-4-20(28(34)27(21)26-22(32)14-19(15-23(26)33)38-10-12-40-13-11-38)29(39)37-24-16-36-9-6-25(24)41-18-30(17-35)7-2-1-3-8-30/h4-6,9,14-16H,1-3,7-8,10-13,17-18,35H2,(H,37,39). The zero-order valence-electron chi connectivity index (χ0n) is 22.5. The van der Waals surface area contributed by atoms with Crippen LogP contribution in [0.1, 0.15) is 42.5 Å². The first kappa shape index (κ1) is 28.8. The van der Waals surface area contributed by atoms with Gasteiger partial charge in [0.05, 0.1) is 42.7 Å². The van der Waals surface area contributed by atoms with Crippen LogP contribution in [0.4, 0.5) is 28.9 Å². The van der Waals surface area contributed by atoms with Gasteiger partial charge in [0.2, 0.25) is 0 Å². The lowest BCUT2D eigenvalue weighted by molar-refractivity contribution is 0.101. The number of amides is 1. The van der Waals surface area contributed by atoms with E-state index >= 15 is 13.2 Å². The van der Waals surface area contributed by atoms with Crippen LogP contribution in [-0.4, -0.2) is 50.3 Å². The van der Waals surface area contributed by atoms with Crippen LogP contribution in [0.2, 0.25) is 0 Å². The highest BCUT2D eigenvalue weighted by Gasteiger charge is 2.32. The zero-order chi connectivity index (χ0) is 29.0. The van der Waals surface area contributed by atoms with Crippen LogP contribution < -0.4 is 20.7 Å². The minimum absolute atomic E-state index is 0.165. The summed E-state index contributed by atoms with van der Waals surface area (Å²) in [6.07, 6.45) is 7.96. The number of aromatic nitrogens is 1. The molecule has 2 aromatic carbocycles. The predicted molar refractivity (Wildman–Crippen MR) is 147 cm³/mol. The number of pyridine rings is 1. The molecule has 1 amide bonds. The molecule has 0 radical (unpaired) electrons. The van der Waals surface area contributed by atoms with Gasteiger partial charge in [0.25, 0.3) is 5.91 Å². The van der Waals surface area contributed by atoms with Crippen molar-refractivity contribution in [3.8, 4) is 16.9 Å². The molecular formula is C30H32F4N4O3. The van der Waals surface area contributed by atoms with Crippen LogP contribution in [0.5, 0.6) is 5.75 Å². The Bertz CT molecular complexity index is 1390. The Hall–Kier alpha value is -3.70. The van der Waals surface area contributed by atoms with E-state index < -0.39 is 45.9 Å². The Morgan fingerprint density at radius 1 is 1.00 bits per heavy atom. The third-order valence-corrected chi connectivity index (χ3v) is 7.90. The monoisotopic (exact) mass is 572 g/mol. The molecule has 5 rings (SSSR count). The number of morpholine rings is 1. The number of hydrogen-bond acceptors (Lipinski definition) is 6. The smallest absolute Gasteiger partial charge is 0.258 e. The van der Waals surface area contributed by atoms with Gasteiger partial charge in [-0.25, -0.2) is 17.6 Å². The van der Waals surface area contributed by atoms with Crippen molar-refractivity contribution in [2.75, 3.05) is 49.7 Å². The molecule has 3 aromatic rings. The number of ether oxygens (including phenoxy) is 2. The van der Waals surface area contributed by atoms with Gasteiger partial charge in [-0.1, -0.05) is 19.3 Å². The lowest BCUT2D eigenvalue weighted by Crippen LogP contribution is -2.38. The van der Waals surface area contributed by atoms with Crippen LogP contribution in [0.15, 0.2) is 42.7 Å². The summed E-state index contributed by atoms with van der Waals surface area (Å²) < 4.78 is 72.2. The maximum atomic E-state index is 15.7. The summed E-state index contributed by atoms with van der Waals surface area (Å²) in [6, 6.07) is 5.33. The largest absolute Gasteiger partial charge is 0.491 e. The van der Waals surface area contributed by atoms with Gasteiger partial charge in [-0.05, 0) is 37.1 Å². The number of rotatable bonds is 8. The Morgan fingerprint density at radius 2 is 1.71 bits per heavy atom. The number of carbonyl (C=O) groups excluding carboxylic acids is 1. The van der Waals surface area contributed by atoms with E-state index in [-0.39, 0.29) is 16.8 Å². The number of anilines is 2. The van der Waals surface area contributed by atoms with Gasteiger partial charge < -0.3 is 25.4 Å². The molecule has 2 fully saturated rings. The first-order valence-corrected chi connectivity index (χ1v) is 13.7. The minimum atomic E-state index is -1.39. The first-order valence-electron chi connectivity index (χ1n) is 13.7. The number of nitrogens with zero attached hydrogens (tertiary/aromatic N) is 2. The zero-order valence-corrected chi connectivity index (χ0v) is 22.5. The number of nitrogens with two attached hydrogens (primary N) is 1. The fourth-order valence-electron chi connectivity index (χ4n) is 5.49. The van der Waals surface area contributed by atoms with E-state index in [1.54, 1.807) is 11.0 Å². The fourth-order valence-corrected chi connectivity index (χ4v) is 5.49. The number of halogens is 4. The van der Waals surface area contributed by atoms with E-state index in [0.717, 1.165) is 56.4 Å². The normalized spacial score (nSPS) is 16.9. The van der Waals surface area contributed by atoms with Crippen molar-refractivity contribution in [1.82, 2.24) is 4.98 Å². The molecule has 0 bridgehead atoms. The van der Waals surface area contributed by atoms with Crippen LogP contribution in [0.3, 0.4) is 0 Å². The Labute approximate surface area is 235 Å². The Morgan fingerprint density at radius 3 is 2.39 bits per heavy atom. The molecule has 1 aliphatic heterocycles. The number of nitrogens with one attached hydrogen (secondary N) is 1. The average molecular weight is 573 g/mol. The molecule has 1 aliphatic carbocycles.